The largest absolute Gasteiger partial charge is 0.491 e. The molecular weight excluding hydrogens is 311 g/mol. The quantitative estimate of drug-likeness (QED) is 0.761. The summed E-state index contributed by atoms with van der Waals surface area (Å²) in [5.74, 6) is 0.0998. The van der Waals surface area contributed by atoms with Gasteiger partial charge in [0.2, 0.25) is 0 Å². The van der Waals surface area contributed by atoms with Gasteiger partial charge in [-0.1, -0.05) is 6.07 Å². The molecule has 0 saturated heterocycles. The van der Waals surface area contributed by atoms with Crippen molar-refractivity contribution in [2.75, 3.05) is 18.5 Å². The summed E-state index contributed by atoms with van der Waals surface area (Å²) >= 11 is 0. The van der Waals surface area contributed by atoms with Gasteiger partial charge in [-0.3, -0.25) is 0 Å². The van der Waals surface area contributed by atoms with Crippen molar-refractivity contribution in [2.24, 2.45) is 0 Å². The molecule has 2 rings (SSSR count). The van der Waals surface area contributed by atoms with Crippen LogP contribution >= 0.6 is 0 Å². The number of aliphatic hydroxyl groups excluding tert-OH is 1. The zero-order chi connectivity index (χ0) is 17.5. The molecule has 5 nitrogen and oxygen atoms in total. The van der Waals surface area contributed by atoms with Crippen LogP contribution in [0.3, 0.4) is 0 Å². The Bertz CT molecular complexity index is 669. The first-order chi connectivity index (χ1) is 11.4. The number of aryl methyl sites for hydroxylation is 2. The average Bonchev–Trinajstić information content (AvgIpc) is 2.51. The van der Waals surface area contributed by atoms with Crippen LogP contribution in [0.5, 0.6) is 5.75 Å². The van der Waals surface area contributed by atoms with E-state index in [1.807, 2.05) is 32.0 Å². The van der Waals surface area contributed by atoms with Crippen LogP contribution in [-0.4, -0.2) is 30.4 Å². The molecule has 1 unspecified atom stereocenters. The number of aliphatic hydroxyl groups is 1. The maximum atomic E-state index is 12.8. The highest BCUT2D eigenvalue weighted by Gasteiger charge is 2.09. The lowest BCUT2D eigenvalue weighted by atomic mass is 10.1. The number of benzene rings is 2. The van der Waals surface area contributed by atoms with Crippen LogP contribution in [0.1, 0.15) is 11.1 Å². The molecule has 0 aliphatic rings. The van der Waals surface area contributed by atoms with Crippen molar-refractivity contribution in [3.8, 4) is 5.75 Å². The number of amides is 2. The molecule has 0 bridgehead atoms. The van der Waals surface area contributed by atoms with Gasteiger partial charge >= 0.3 is 6.03 Å². The summed E-state index contributed by atoms with van der Waals surface area (Å²) in [6.45, 7) is 3.94. The van der Waals surface area contributed by atoms with Gasteiger partial charge in [-0.05, 0) is 61.4 Å². The van der Waals surface area contributed by atoms with Crippen LogP contribution in [0.15, 0.2) is 42.5 Å². The number of anilines is 1. The summed E-state index contributed by atoms with van der Waals surface area (Å²) in [5, 5.41) is 15.1. The van der Waals surface area contributed by atoms with Crippen molar-refractivity contribution in [3.63, 3.8) is 0 Å². The molecule has 3 N–H and O–H groups in total. The van der Waals surface area contributed by atoms with Gasteiger partial charge in [0, 0.05) is 12.2 Å². The van der Waals surface area contributed by atoms with Crippen LogP contribution in [0.2, 0.25) is 0 Å². The number of halogens is 1. The van der Waals surface area contributed by atoms with E-state index in [2.05, 4.69) is 10.6 Å². The number of ether oxygens (including phenoxy) is 1. The van der Waals surface area contributed by atoms with Gasteiger partial charge in [-0.2, -0.15) is 0 Å². The van der Waals surface area contributed by atoms with E-state index >= 15 is 0 Å². The standard InChI is InChI=1S/C18H21FN2O3/c1-12-7-13(2)9-15(8-12)21-18(23)20-10-16(22)11-24-17-5-3-14(19)4-6-17/h3-9,16,22H,10-11H2,1-2H3,(H2,20,21,23). The Labute approximate surface area is 140 Å². The fourth-order valence-corrected chi connectivity index (χ4v) is 2.21. The summed E-state index contributed by atoms with van der Waals surface area (Å²) in [4.78, 5) is 11.8. The van der Waals surface area contributed by atoms with E-state index in [4.69, 9.17) is 4.74 Å². The van der Waals surface area contributed by atoms with Crippen LogP contribution in [-0.2, 0) is 0 Å². The number of hydrogen-bond acceptors (Lipinski definition) is 3. The lowest BCUT2D eigenvalue weighted by Crippen LogP contribution is -2.37. The first-order valence-corrected chi connectivity index (χ1v) is 7.62. The molecule has 0 aliphatic heterocycles. The second-order valence-corrected chi connectivity index (χ2v) is 5.63. The molecule has 2 aromatic rings. The normalized spacial score (nSPS) is 11.7. The van der Waals surface area contributed by atoms with E-state index in [0.29, 0.717) is 11.4 Å². The minimum atomic E-state index is -0.875. The SMILES string of the molecule is Cc1cc(C)cc(NC(=O)NCC(O)COc2ccc(F)cc2)c1. The highest BCUT2D eigenvalue weighted by atomic mass is 19.1. The molecule has 0 fully saturated rings. The summed E-state index contributed by atoms with van der Waals surface area (Å²) < 4.78 is 18.1. The van der Waals surface area contributed by atoms with E-state index < -0.39 is 12.1 Å². The van der Waals surface area contributed by atoms with Crippen LogP contribution in [0, 0.1) is 19.7 Å². The van der Waals surface area contributed by atoms with Gasteiger partial charge in [0.15, 0.2) is 0 Å². The van der Waals surface area contributed by atoms with Crippen LogP contribution in [0.4, 0.5) is 14.9 Å². The van der Waals surface area contributed by atoms with Crippen molar-refractivity contribution in [1.29, 1.82) is 0 Å². The predicted molar refractivity (Wildman–Crippen MR) is 90.8 cm³/mol. The zero-order valence-corrected chi connectivity index (χ0v) is 13.7. The molecule has 6 heteroatoms. The minimum Gasteiger partial charge on any atom is -0.491 e. The van der Waals surface area contributed by atoms with Crippen molar-refractivity contribution in [3.05, 3.63) is 59.4 Å². The van der Waals surface area contributed by atoms with Gasteiger partial charge in [0.05, 0.1) is 0 Å². The van der Waals surface area contributed by atoms with E-state index in [1.54, 1.807) is 0 Å². The first kappa shape index (κ1) is 17.7. The Hall–Kier alpha value is -2.60. The third-order valence-corrected chi connectivity index (χ3v) is 3.23. The maximum Gasteiger partial charge on any atom is 0.319 e. The highest BCUT2D eigenvalue weighted by molar-refractivity contribution is 5.89. The molecule has 0 heterocycles. The average molecular weight is 332 g/mol. The molecule has 0 radical (unpaired) electrons. The molecule has 2 amide bonds. The molecule has 128 valence electrons. The summed E-state index contributed by atoms with van der Waals surface area (Å²) in [7, 11) is 0. The molecule has 2 aromatic carbocycles. The molecule has 24 heavy (non-hydrogen) atoms. The van der Waals surface area contributed by atoms with Crippen molar-refractivity contribution in [2.45, 2.75) is 20.0 Å². The lowest BCUT2D eigenvalue weighted by Gasteiger charge is -2.14. The number of nitrogens with one attached hydrogen (secondary N) is 2. The molecule has 0 spiro atoms. The summed E-state index contributed by atoms with van der Waals surface area (Å²) in [6, 6.07) is 10.8. The zero-order valence-electron chi connectivity index (χ0n) is 13.7. The molecule has 0 aliphatic carbocycles. The Kier molecular flexibility index (Phi) is 6.14. The maximum absolute atomic E-state index is 12.8. The van der Waals surface area contributed by atoms with Gasteiger partial charge in [0.1, 0.15) is 24.3 Å². The second-order valence-electron chi connectivity index (χ2n) is 5.63. The predicted octanol–water partition coefficient (Wildman–Crippen LogP) is 3.00. The molecule has 0 aromatic heterocycles. The molecule has 1 atom stereocenters. The smallest absolute Gasteiger partial charge is 0.319 e. The third-order valence-electron chi connectivity index (χ3n) is 3.23. The number of hydrogen-bond donors (Lipinski definition) is 3. The van der Waals surface area contributed by atoms with Crippen LogP contribution in [0.25, 0.3) is 0 Å². The van der Waals surface area contributed by atoms with Gasteiger partial charge in [0.25, 0.3) is 0 Å². The molecular formula is C18H21FN2O3. The van der Waals surface area contributed by atoms with Crippen molar-refractivity contribution < 1.29 is 19.0 Å². The highest BCUT2D eigenvalue weighted by Crippen LogP contribution is 2.13. The summed E-state index contributed by atoms with van der Waals surface area (Å²) in [6.07, 6.45) is -0.875. The number of carbonyl (C=O) groups is 1. The Morgan fingerprint density at radius 2 is 1.79 bits per heavy atom. The second kappa shape index (κ2) is 8.31. The van der Waals surface area contributed by atoms with E-state index in [1.165, 1.54) is 24.3 Å². The monoisotopic (exact) mass is 332 g/mol. The van der Waals surface area contributed by atoms with Gasteiger partial charge in [-0.25, -0.2) is 9.18 Å². The number of carbonyl (C=O) groups excluding carboxylic acids is 1. The third kappa shape index (κ3) is 5.89. The Balaban J connectivity index is 1.73. The Morgan fingerprint density at radius 1 is 1.17 bits per heavy atom. The lowest BCUT2D eigenvalue weighted by molar-refractivity contribution is 0.108. The van der Waals surface area contributed by atoms with Crippen molar-refractivity contribution >= 4 is 11.7 Å². The Morgan fingerprint density at radius 3 is 2.42 bits per heavy atom. The van der Waals surface area contributed by atoms with Crippen molar-refractivity contribution in [1.82, 2.24) is 5.32 Å². The number of rotatable bonds is 6. The fourth-order valence-electron chi connectivity index (χ4n) is 2.21. The topological polar surface area (TPSA) is 70.6 Å². The first-order valence-electron chi connectivity index (χ1n) is 7.62. The van der Waals surface area contributed by atoms with E-state index in [0.717, 1.165) is 11.1 Å². The van der Waals surface area contributed by atoms with E-state index in [-0.39, 0.29) is 19.0 Å². The summed E-state index contributed by atoms with van der Waals surface area (Å²) in [5.41, 5.74) is 2.80. The van der Waals surface area contributed by atoms with Gasteiger partial charge in [-0.15, -0.1) is 0 Å². The fraction of sp³-hybridized carbons (Fsp3) is 0.278. The number of urea groups is 1. The minimum absolute atomic E-state index is 0.00450. The van der Waals surface area contributed by atoms with Crippen LogP contribution < -0.4 is 15.4 Å². The van der Waals surface area contributed by atoms with E-state index in [9.17, 15) is 14.3 Å². The van der Waals surface area contributed by atoms with Gasteiger partial charge < -0.3 is 20.5 Å². The molecule has 0 saturated carbocycles.